The fraction of sp³-hybridized carbons (Fsp3) is 0.480. The molecule has 0 aliphatic carbocycles. The summed E-state index contributed by atoms with van der Waals surface area (Å²) in [6.07, 6.45) is -2.77. The van der Waals surface area contributed by atoms with Crippen LogP contribution < -0.4 is 10.3 Å². The molecule has 14 heteroatoms. The molecule has 0 spiro atoms. The second kappa shape index (κ2) is 11.4. The molecule has 3 aromatic rings. The van der Waals surface area contributed by atoms with E-state index in [2.05, 4.69) is 10.2 Å². The van der Waals surface area contributed by atoms with Crippen LogP contribution >= 0.6 is 19.2 Å². The fourth-order valence-electron chi connectivity index (χ4n) is 4.34. The number of nitrogens with two attached hydrogens (primary N) is 1. The van der Waals surface area contributed by atoms with Crippen LogP contribution in [0.25, 0.3) is 5.52 Å². The van der Waals surface area contributed by atoms with E-state index in [4.69, 9.17) is 35.9 Å². The van der Waals surface area contributed by atoms with E-state index in [9.17, 15) is 19.6 Å². The van der Waals surface area contributed by atoms with Gasteiger partial charge in [0.2, 0.25) is 0 Å². The lowest BCUT2D eigenvalue weighted by atomic mass is 9.91. The average Bonchev–Trinajstić information content (AvgIpc) is 3.38. The first-order chi connectivity index (χ1) is 18.3. The van der Waals surface area contributed by atoms with Crippen molar-refractivity contribution in [3.05, 3.63) is 53.4 Å². The van der Waals surface area contributed by atoms with Crippen molar-refractivity contribution in [1.82, 2.24) is 14.6 Å². The summed E-state index contributed by atoms with van der Waals surface area (Å²) in [4.78, 5) is 12.4. The lowest BCUT2D eigenvalue weighted by molar-refractivity contribution is -0.151. The first-order valence-electron chi connectivity index (χ1n) is 12.3. The Kier molecular flexibility index (Phi) is 8.55. The topological polar surface area (TPSA) is 168 Å². The molecule has 39 heavy (non-hydrogen) atoms. The van der Waals surface area contributed by atoms with Gasteiger partial charge >= 0.3 is 13.6 Å². The minimum absolute atomic E-state index is 0.187. The molecule has 1 saturated heterocycles. The van der Waals surface area contributed by atoms with Crippen molar-refractivity contribution < 1.29 is 38.1 Å². The van der Waals surface area contributed by atoms with Gasteiger partial charge in [0, 0.05) is 5.02 Å². The molecule has 212 valence electrons. The zero-order valence-corrected chi connectivity index (χ0v) is 23.6. The number of anilines is 1. The summed E-state index contributed by atoms with van der Waals surface area (Å²) < 4.78 is 38.3. The highest BCUT2D eigenvalue weighted by Crippen LogP contribution is 2.51. The van der Waals surface area contributed by atoms with Crippen LogP contribution in [-0.2, 0) is 23.4 Å². The zero-order chi connectivity index (χ0) is 28.5. The van der Waals surface area contributed by atoms with Crippen molar-refractivity contribution in [3.63, 3.8) is 0 Å². The minimum Gasteiger partial charge on any atom is -0.463 e. The Balaban J connectivity index is 1.54. The number of rotatable bonds is 10. The van der Waals surface area contributed by atoms with Crippen LogP contribution in [0, 0.1) is 5.92 Å². The maximum atomic E-state index is 13.9. The van der Waals surface area contributed by atoms with Crippen LogP contribution in [0.1, 0.15) is 39.5 Å². The minimum atomic E-state index is -4.01. The number of hydrogen-bond acceptors (Lipinski definition) is 11. The van der Waals surface area contributed by atoms with E-state index in [1.807, 2.05) is 0 Å². The predicted octanol–water partition coefficient (Wildman–Crippen LogP) is 3.39. The third-order valence-corrected chi connectivity index (χ3v) is 8.63. The number of nitrogen functional groups attached to an aromatic ring is 1. The number of halogens is 1. The number of nitrogens with zero attached hydrogens (tertiary/aromatic N) is 3. The Morgan fingerprint density at radius 3 is 2.62 bits per heavy atom. The molecule has 1 aromatic carbocycles. The number of aromatic nitrogens is 3. The van der Waals surface area contributed by atoms with Gasteiger partial charge in [0.05, 0.1) is 36.0 Å². The number of ether oxygens (including phenoxy) is 2. The molecule has 1 aliphatic heterocycles. The normalized spacial score (nSPS) is 25.5. The number of carbonyl (C=O) groups excluding carboxylic acids is 1. The second-order valence-electron chi connectivity index (χ2n) is 9.98. The lowest BCUT2D eigenvalue weighted by Gasteiger charge is -2.27. The molecule has 4 rings (SSSR count). The molecular weight excluding hydrogens is 551 g/mol. The van der Waals surface area contributed by atoms with Gasteiger partial charge < -0.3 is 29.9 Å². The molecule has 12 nitrogen and oxygen atoms in total. The number of aliphatic hydroxyl groups excluding tert-OH is 1. The summed E-state index contributed by atoms with van der Waals surface area (Å²) >= 11 is 5.95. The summed E-state index contributed by atoms with van der Waals surface area (Å²) in [6.45, 7) is 5.99. The lowest BCUT2D eigenvalue weighted by Crippen LogP contribution is -2.43. The Morgan fingerprint density at radius 1 is 1.26 bits per heavy atom. The van der Waals surface area contributed by atoms with Gasteiger partial charge in [0.15, 0.2) is 5.82 Å². The molecule has 4 N–H and O–H groups in total. The van der Waals surface area contributed by atoms with Crippen molar-refractivity contribution in [2.45, 2.75) is 57.7 Å². The molecule has 0 amide bonds. The van der Waals surface area contributed by atoms with Gasteiger partial charge in [0.1, 0.15) is 36.0 Å². The summed E-state index contributed by atoms with van der Waals surface area (Å²) in [5.74, 6) is -0.985. The number of fused-ring (bicyclic) bond motifs is 1. The number of hydrogen-bond donors (Lipinski definition) is 3. The van der Waals surface area contributed by atoms with Crippen LogP contribution in [0.2, 0.25) is 5.02 Å². The Labute approximate surface area is 230 Å². The summed E-state index contributed by atoms with van der Waals surface area (Å²) in [7, 11) is -4.01. The highest BCUT2D eigenvalue weighted by Gasteiger charge is 2.54. The van der Waals surface area contributed by atoms with Crippen LogP contribution in [0.5, 0.6) is 5.75 Å². The first-order valence-corrected chi connectivity index (χ1v) is 14.4. The van der Waals surface area contributed by atoms with Gasteiger partial charge in [-0.25, -0.2) is 4.57 Å². The maximum Gasteiger partial charge on any atom is 0.380 e. The van der Waals surface area contributed by atoms with E-state index >= 15 is 0 Å². The highest BCUT2D eigenvalue weighted by atomic mass is 35.5. The number of aliphatic hydroxyl groups is 2. The van der Waals surface area contributed by atoms with Gasteiger partial charge in [-0.2, -0.15) is 0 Å². The molecule has 3 heterocycles. The second-order valence-corrected chi connectivity index (χ2v) is 12.4. The van der Waals surface area contributed by atoms with E-state index in [1.54, 1.807) is 49.4 Å². The summed E-state index contributed by atoms with van der Waals surface area (Å²) in [5.41, 5.74) is 5.17. The summed E-state index contributed by atoms with van der Waals surface area (Å²) in [5, 5.41) is 30.3. The molecule has 1 aliphatic rings. The van der Waals surface area contributed by atoms with Crippen molar-refractivity contribution >= 4 is 36.5 Å². The standard InChI is InChI=1S/C25H32ClN4O8P/c1-14(2)36-24(32)15(3)12-39(34,38-17-7-5-16(26)6-8-17)35-11-20-21(31)25(4,33)22(37-20)18-9-10-19-23(27)29-28-13-30(18)19/h5-10,13-15,20-22,31,33H,11-12H2,1-4H3,(H2,27,29)/t15-,20-,21-,22+,25-,39?/m1/s1. The quantitative estimate of drug-likeness (QED) is 0.237. The van der Waals surface area contributed by atoms with Crippen molar-refractivity contribution in [2.75, 3.05) is 18.5 Å². The summed E-state index contributed by atoms with van der Waals surface area (Å²) in [6, 6.07) is 9.53. The van der Waals surface area contributed by atoms with E-state index in [1.165, 1.54) is 25.4 Å². The number of benzene rings is 1. The number of esters is 1. The maximum absolute atomic E-state index is 13.9. The molecule has 1 fully saturated rings. The van der Waals surface area contributed by atoms with Gasteiger partial charge in [-0.1, -0.05) is 18.5 Å². The van der Waals surface area contributed by atoms with Crippen molar-refractivity contribution in [1.29, 1.82) is 0 Å². The van der Waals surface area contributed by atoms with E-state index in [-0.39, 0.29) is 23.8 Å². The Bertz CT molecular complexity index is 1370. The van der Waals surface area contributed by atoms with Crippen LogP contribution in [0.15, 0.2) is 42.7 Å². The van der Waals surface area contributed by atoms with Gasteiger partial charge in [-0.15, -0.1) is 10.2 Å². The molecular formula is C25H32ClN4O8P. The fourth-order valence-corrected chi connectivity index (χ4v) is 6.34. The van der Waals surface area contributed by atoms with Crippen molar-refractivity contribution in [3.8, 4) is 5.75 Å². The Hall–Kier alpha value is -2.73. The molecule has 6 atom stereocenters. The highest BCUT2D eigenvalue weighted by molar-refractivity contribution is 7.54. The predicted molar refractivity (Wildman–Crippen MR) is 143 cm³/mol. The smallest absolute Gasteiger partial charge is 0.380 e. The van der Waals surface area contributed by atoms with Crippen LogP contribution in [-0.4, -0.2) is 67.5 Å². The van der Waals surface area contributed by atoms with E-state index in [0.29, 0.717) is 16.2 Å². The molecule has 1 unspecified atom stereocenters. The third-order valence-electron chi connectivity index (χ3n) is 6.35. The first kappa shape index (κ1) is 29.3. The number of carbonyl (C=O) groups is 1. The van der Waals surface area contributed by atoms with Crippen LogP contribution in [0.4, 0.5) is 5.82 Å². The average molecular weight is 583 g/mol. The van der Waals surface area contributed by atoms with Crippen LogP contribution in [0.3, 0.4) is 0 Å². The molecule has 0 bridgehead atoms. The third kappa shape index (κ3) is 6.37. The molecule has 2 aromatic heterocycles. The van der Waals surface area contributed by atoms with E-state index < -0.39 is 50.0 Å². The van der Waals surface area contributed by atoms with Crippen molar-refractivity contribution in [2.24, 2.45) is 5.92 Å². The van der Waals surface area contributed by atoms with E-state index in [0.717, 1.165) is 0 Å². The zero-order valence-electron chi connectivity index (χ0n) is 21.9. The molecule has 0 saturated carbocycles. The largest absolute Gasteiger partial charge is 0.463 e. The Morgan fingerprint density at radius 2 is 1.95 bits per heavy atom. The monoisotopic (exact) mass is 582 g/mol. The van der Waals surface area contributed by atoms with Gasteiger partial charge in [-0.3, -0.25) is 13.7 Å². The van der Waals surface area contributed by atoms with Gasteiger partial charge in [-0.05, 0) is 57.2 Å². The SMILES string of the molecule is CC(C)OC(=O)[C@H](C)CP(=O)(OC[C@H]1O[C@@H](c2ccc3c(N)nncn23)[C@](C)(O)[C@@H]1O)Oc1ccc(Cl)cc1. The molecule has 0 radical (unpaired) electrons. The van der Waals surface area contributed by atoms with Gasteiger partial charge in [0.25, 0.3) is 0 Å².